The lowest BCUT2D eigenvalue weighted by molar-refractivity contribution is -0.0247. The lowest BCUT2D eigenvalue weighted by Gasteiger charge is -2.32. The van der Waals surface area contributed by atoms with Gasteiger partial charge in [0.1, 0.15) is 29.6 Å². The van der Waals surface area contributed by atoms with E-state index in [9.17, 15) is 4.79 Å². The van der Waals surface area contributed by atoms with Crippen LogP contribution >= 0.6 is 0 Å². The molecule has 3 rings (SSSR count). The molecule has 8 nitrogen and oxygen atoms in total. The molecule has 22 heavy (non-hydrogen) atoms. The average molecular weight is 300 g/mol. The van der Waals surface area contributed by atoms with Gasteiger partial charge in [-0.25, -0.2) is 15.0 Å². The molecule has 2 aromatic rings. The third kappa shape index (κ3) is 2.86. The van der Waals surface area contributed by atoms with Crippen molar-refractivity contribution in [2.75, 3.05) is 32.1 Å². The minimum absolute atomic E-state index is 0.134. The van der Waals surface area contributed by atoms with Crippen LogP contribution in [0.15, 0.2) is 31.0 Å². The molecule has 1 aliphatic heterocycles. The maximum atomic E-state index is 12.5. The standard InChI is InChI=1S/C14H16N6O2/c1-15-13-12(17-4-5-18-13)11-8-20(6-7-22-11)14(21)10-2-3-16-9-19-10/h2-5,9,11H,6-8H2,1H3,(H,15,18)/t11-/m1/s1. The van der Waals surface area contributed by atoms with E-state index in [0.29, 0.717) is 36.9 Å². The van der Waals surface area contributed by atoms with Crippen LogP contribution in [0.4, 0.5) is 5.82 Å². The van der Waals surface area contributed by atoms with Gasteiger partial charge in [0.05, 0.1) is 13.2 Å². The van der Waals surface area contributed by atoms with Crippen LogP contribution in [-0.4, -0.2) is 57.5 Å². The third-order valence-corrected chi connectivity index (χ3v) is 3.42. The van der Waals surface area contributed by atoms with E-state index in [0.717, 1.165) is 0 Å². The molecule has 0 aliphatic carbocycles. The highest BCUT2D eigenvalue weighted by molar-refractivity contribution is 5.92. The van der Waals surface area contributed by atoms with E-state index in [-0.39, 0.29) is 12.0 Å². The Kier molecular flexibility index (Phi) is 4.19. The first-order chi connectivity index (χ1) is 10.8. The summed E-state index contributed by atoms with van der Waals surface area (Å²) in [7, 11) is 1.78. The van der Waals surface area contributed by atoms with Gasteiger partial charge in [0.15, 0.2) is 0 Å². The molecule has 1 amide bonds. The number of ether oxygens (including phenoxy) is 1. The summed E-state index contributed by atoms with van der Waals surface area (Å²) in [6.07, 6.45) is 5.84. The van der Waals surface area contributed by atoms with Crippen LogP contribution in [-0.2, 0) is 4.74 Å². The summed E-state index contributed by atoms with van der Waals surface area (Å²) < 4.78 is 5.75. The Balaban J connectivity index is 1.78. The minimum atomic E-state index is -0.310. The normalized spacial score (nSPS) is 18.0. The Morgan fingerprint density at radius 3 is 2.95 bits per heavy atom. The van der Waals surface area contributed by atoms with Crippen molar-refractivity contribution in [3.8, 4) is 0 Å². The molecule has 8 heteroatoms. The molecule has 0 bridgehead atoms. The SMILES string of the molecule is CNc1nccnc1[C@H]1CN(C(=O)c2ccncn2)CCO1. The van der Waals surface area contributed by atoms with Gasteiger partial charge in [0.25, 0.3) is 5.91 Å². The van der Waals surface area contributed by atoms with Crippen LogP contribution in [0.2, 0.25) is 0 Å². The average Bonchev–Trinajstić information content (AvgIpc) is 2.62. The first-order valence-corrected chi connectivity index (χ1v) is 6.95. The van der Waals surface area contributed by atoms with Gasteiger partial charge in [-0.3, -0.25) is 9.78 Å². The van der Waals surface area contributed by atoms with Crippen LogP contribution in [0.5, 0.6) is 0 Å². The summed E-state index contributed by atoms with van der Waals surface area (Å²) in [5, 5.41) is 2.99. The Hall–Kier alpha value is -2.61. The Morgan fingerprint density at radius 2 is 2.18 bits per heavy atom. The molecule has 0 unspecified atom stereocenters. The monoisotopic (exact) mass is 300 g/mol. The molecule has 1 atom stereocenters. The summed E-state index contributed by atoms with van der Waals surface area (Å²) in [6.45, 7) is 1.38. The maximum absolute atomic E-state index is 12.5. The number of hydrogen-bond donors (Lipinski definition) is 1. The molecule has 0 saturated carbocycles. The van der Waals surface area contributed by atoms with Crippen LogP contribution in [0, 0.1) is 0 Å². The van der Waals surface area contributed by atoms with Crippen LogP contribution < -0.4 is 5.32 Å². The molecule has 1 fully saturated rings. The van der Waals surface area contributed by atoms with Gasteiger partial charge in [-0.15, -0.1) is 0 Å². The number of carbonyl (C=O) groups is 1. The fourth-order valence-electron chi connectivity index (χ4n) is 2.36. The number of anilines is 1. The molecule has 1 aliphatic rings. The Bertz CT molecular complexity index is 651. The predicted octanol–water partition coefficient (Wildman–Crippen LogP) is 0.522. The second-order valence-corrected chi connectivity index (χ2v) is 4.75. The molecular formula is C14H16N6O2. The van der Waals surface area contributed by atoms with Gasteiger partial charge in [0.2, 0.25) is 0 Å². The van der Waals surface area contributed by atoms with E-state index in [1.807, 2.05) is 0 Å². The molecule has 1 saturated heterocycles. The van der Waals surface area contributed by atoms with Gasteiger partial charge < -0.3 is 15.0 Å². The molecule has 0 aromatic carbocycles. The van der Waals surface area contributed by atoms with Gasteiger partial charge in [-0.2, -0.15) is 0 Å². The largest absolute Gasteiger partial charge is 0.372 e. The fourth-order valence-corrected chi connectivity index (χ4v) is 2.36. The van der Waals surface area contributed by atoms with Crippen molar-refractivity contribution >= 4 is 11.7 Å². The number of morpholine rings is 1. The number of rotatable bonds is 3. The fraction of sp³-hybridized carbons (Fsp3) is 0.357. The van der Waals surface area contributed by atoms with E-state index in [4.69, 9.17) is 4.74 Å². The molecule has 0 spiro atoms. The zero-order chi connectivity index (χ0) is 15.4. The van der Waals surface area contributed by atoms with Gasteiger partial charge >= 0.3 is 0 Å². The second-order valence-electron chi connectivity index (χ2n) is 4.75. The first kappa shape index (κ1) is 14.3. The van der Waals surface area contributed by atoms with E-state index in [2.05, 4.69) is 25.3 Å². The third-order valence-electron chi connectivity index (χ3n) is 3.42. The smallest absolute Gasteiger partial charge is 0.272 e. The Labute approximate surface area is 127 Å². The number of nitrogens with zero attached hydrogens (tertiary/aromatic N) is 5. The predicted molar refractivity (Wildman–Crippen MR) is 78.2 cm³/mol. The van der Waals surface area contributed by atoms with E-state index in [1.54, 1.807) is 36.6 Å². The summed E-state index contributed by atoms with van der Waals surface area (Å²) >= 11 is 0. The zero-order valence-corrected chi connectivity index (χ0v) is 12.1. The number of nitrogens with one attached hydrogen (secondary N) is 1. The maximum Gasteiger partial charge on any atom is 0.272 e. The minimum Gasteiger partial charge on any atom is -0.372 e. The zero-order valence-electron chi connectivity index (χ0n) is 12.1. The van der Waals surface area contributed by atoms with Crippen LogP contribution in [0.1, 0.15) is 22.3 Å². The molecule has 3 heterocycles. The molecule has 114 valence electrons. The van der Waals surface area contributed by atoms with Gasteiger partial charge in [-0.1, -0.05) is 0 Å². The van der Waals surface area contributed by atoms with Crippen molar-refractivity contribution in [2.45, 2.75) is 6.10 Å². The lowest BCUT2D eigenvalue weighted by atomic mass is 10.2. The highest BCUT2D eigenvalue weighted by atomic mass is 16.5. The van der Waals surface area contributed by atoms with Crippen molar-refractivity contribution in [3.05, 3.63) is 42.4 Å². The number of amides is 1. The van der Waals surface area contributed by atoms with Crippen molar-refractivity contribution in [1.29, 1.82) is 0 Å². The van der Waals surface area contributed by atoms with Crippen LogP contribution in [0.25, 0.3) is 0 Å². The van der Waals surface area contributed by atoms with E-state index < -0.39 is 0 Å². The number of hydrogen-bond acceptors (Lipinski definition) is 7. The van der Waals surface area contributed by atoms with Gasteiger partial charge in [-0.05, 0) is 6.07 Å². The Morgan fingerprint density at radius 1 is 1.32 bits per heavy atom. The van der Waals surface area contributed by atoms with Crippen LogP contribution in [0.3, 0.4) is 0 Å². The summed E-state index contributed by atoms with van der Waals surface area (Å²) in [5.74, 6) is 0.523. The van der Waals surface area contributed by atoms with Crippen molar-refractivity contribution in [2.24, 2.45) is 0 Å². The van der Waals surface area contributed by atoms with Crippen molar-refractivity contribution in [3.63, 3.8) is 0 Å². The van der Waals surface area contributed by atoms with Gasteiger partial charge in [0, 0.05) is 32.2 Å². The molecular weight excluding hydrogens is 284 g/mol. The summed E-state index contributed by atoms with van der Waals surface area (Å²) in [5.41, 5.74) is 1.08. The lowest BCUT2D eigenvalue weighted by Crippen LogP contribution is -2.43. The first-order valence-electron chi connectivity index (χ1n) is 6.95. The topological polar surface area (TPSA) is 93.1 Å². The van der Waals surface area contributed by atoms with E-state index in [1.165, 1.54) is 6.33 Å². The summed E-state index contributed by atoms with van der Waals surface area (Å²) in [4.78, 5) is 30.5. The molecule has 2 aromatic heterocycles. The number of carbonyl (C=O) groups excluding carboxylic acids is 1. The quantitative estimate of drug-likeness (QED) is 0.883. The molecule has 1 N–H and O–H groups in total. The summed E-state index contributed by atoms with van der Waals surface area (Å²) in [6, 6.07) is 1.61. The second kappa shape index (κ2) is 6.44. The highest BCUT2D eigenvalue weighted by Crippen LogP contribution is 2.25. The van der Waals surface area contributed by atoms with E-state index >= 15 is 0 Å². The molecule has 0 radical (unpaired) electrons. The van der Waals surface area contributed by atoms with Crippen molar-refractivity contribution in [1.82, 2.24) is 24.8 Å². The number of aromatic nitrogens is 4. The highest BCUT2D eigenvalue weighted by Gasteiger charge is 2.29. The van der Waals surface area contributed by atoms with Crippen molar-refractivity contribution < 1.29 is 9.53 Å².